The molecule has 1 N–H and O–H groups in total. The fourth-order valence-corrected chi connectivity index (χ4v) is 3.44. The molecule has 1 atom stereocenters. The van der Waals surface area contributed by atoms with Crippen molar-refractivity contribution in [2.24, 2.45) is 0 Å². The van der Waals surface area contributed by atoms with Crippen molar-refractivity contribution >= 4 is 22.8 Å². The van der Waals surface area contributed by atoms with Crippen LogP contribution < -0.4 is 10.2 Å². The molecule has 2 aromatic heterocycles. The van der Waals surface area contributed by atoms with Crippen molar-refractivity contribution in [1.29, 1.82) is 0 Å². The van der Waals surface area contributed by atoms with Crippen LogP contribution in [-0.4, -0.2) is 40.0 Å². The fourth-order valence-electron chi connectivity index (χ4n) is 3.44. The number of carbonyl (C=O) groups excluding carboxylic acids is 1. The number of hydrogen-bond acceptors (Lipinski definition) is 5. The SMILES string of the molecule is C=C(F)C(=O)NC1CCN(c2nc(-c3ccc(C(F)(F)F)cc3)nc3cccnc23)C1. The van der Waals surface area contributed by atoms with Gasteiger partial charge in [-0.3, -0.25) is 9.78 Å². The molecule has 1 amide bonds. The van der Waals surface area contributed by atoms with Crippen molar-refractivity contribution in [2.45, 2.75) is 18.6 Å². The molecule has 31 heavy (non-hydrogen) atoms. The molecule has 1 aliphatic heterocycles. The summed E-state index contributed by atoms with van der Waals surface area (Å²) in [6.45, 7) is 3.88. The molecular weight excluding hydrogens is 414 g/mol. The van der Waals surface area contributed by atoms with Crippen LogP contribution in [0.15, 0.2) is 55.0 Å². The van der Waals surface area contributed by atoms with E-state index in [0.29, 0.717) is 41.9 Å². The largest absolute Gasteiger partial charge is 0.416 e. The fraction of sp³-hybridized carbons (Fsp3) is 0.238. The van der Waals surface area contributed by atoms with Crippen LogP contribution in [0.25, 0.3) is 22.4 Å². The first-order chi connectivity index (χ1) is 14.7. The molecule has 0 saturated carbocycles. The molecule has 0 spiro atoms. The Labute approximate surface area is 174 Å². The average molecular weight is 431 g/mol. The number of fused-ring (bicyclic) bond motifs is 1. The minimum Gasteiger partial charge on any atom is -0.353 e. The van der Waals surface area contributed by atoms with Crippen molar-refractivity contribution in [3.63, 3.8) is 0 Å². The molecular formula is C21H17F4N5O. The Morgan fingerprint density at radius 3 is 2.58 bits per heavy atom. The third kappa shape index (κ3) is 4.32. The lowest BCUT2D eigenvalue weighted by atomic mass is 10.1. The van der Waals surface area contributed by atoms with Gasteiger partial charge in [0.1, 0.15) is 5.52 Å². The van der Waals surface area contributed by atoms with E-state index in [9.17, 15) is 22.4 Å². The molecule has 10 heteroatoms. The van der Waals surface area contributed by atoms with E-state index < -0.39 is 23.5 Å². The Morgan fingerprint density at radius 1 is 1.16 bits per heavy atom. The number of alkyl halides is 3. The molecule has 1 fully saturated rings. The zero-order valence-electron chi connectivity index (χ0n) is 16.2. The predicted molar refractivity (Wildman–Crippen MR) is 107 cm³/mol. The summed E-state index contributed by atoms with van der Waals surface area (Å²) in [6, 6.07) is 7.75. The smallest absolute Gasteiger partial charge is 0.353 e. The molecule has 1 unspecified atom stereocenters. The minimum atomic E-state index is -4.43. The number of amides is 1. The van der Waals surface area contributed by atoms with Crippen molar-refractivity contribution in [2.75, 3.05) is 18.0 Å². The Kier molecular flexibility index (Phi) is 5.30. The van der Waals surface area contributed by atoms with Gasteiger partial charge in [-0.05, 0) is 30.7 Å². The van der Waals surface area contributed by atoms with Crippen molar-refractivity contribution < 1.29 is 22.4 Å². The first-order valence-electron chi connectivity index (χ1n) is 9.43. The number of aromatic nitrogens is 3. The van der Waals surface area contributed by atoms with E-state index in [1.54, 1.807) is 18.3 Å². The molecule has 160 valence electrons. The number of pyridine rings is 1. The number of benzene rings is 1. The molecule has 0 aliphatic carbocycles. The maximum atomic E-state index is 13.0. The van der Waals surface area contributed by atoms with E-state index in [2.05, 4.69) is 26.8 Å². The van der Waals surface area contributed by atoms with Crippen LogP contribution in [0.1, 0.15) is 12.0 Å². The van der Waals surface area contributed by atoms with Gasteiger partial charge in [-0.2, -0.15) is 13.2 Å². The summed E-state index contributed by atoms with van der Waals surface area (Å²) < 4.78 is 51.6. The molecule has 1 aliphatic rings. The van der Waals surface area contributed by atoms with Crippen LogP contribution in [0.3, 0.4) is 0 Å². The predicted octanol–water partition coefficient (Wildman–Crippen LogP) is 3.89. The number of hydrogen-bond donors (Lipinski definition) is 1. The highest BCUT2D eigenvalue weighted by Gasteiger charge is 2.30. The van der Waals surface area contributed by atoms with E-state index in [0.717, 1.165) is 12.1 Å². The van der Waals surface area contributed by atoms with Crippen LogP contribution in [0, 0.1) is 0 Å². The topological polar surface area (TPSA) is 71.0 Å². The second-order valence-corrected chi connectivity index (χ2v) is 7.13. The van der Waals surface area contributed by atoms with Gasteiger partial charge < -0.3 is 10.2 Å². The number of rotatable bonds is 4. The standard InChI is InChI=1S/C21H17F4N5O/c1-12(22)20(31)27-15-8-10-30(11-15)19-17-16(3-2-9-26-17)28-18(29-19)13-4-6-14(7-5-13)21(23,24)25/h2-7,9,15H,1,8,10-11H2,(H,27,31). The Morgan fingerprint density at radius 2 is 1.90 bits per heavy atom. The monoisotopic (exact) mass is 431 g/mol. The van der Waals surface area contributed by atoms with Crippen molar-refractivity contribution in [1.82, 2.24) is 20.3 Å². The summed E-state index contributed by atoms with van der Waals surface area (Å²) in [5.41, 5.74) is 0.733. The average Bonchev–Trinajstić information content (AvgIpc) is 3.20. The summed E-state index contributed by atoms with van der Waals surface area (Å²) in [5, 5.41) is 2.57. The molecule has 0 radical (unpaired) electrons. The molecule has 3 aromatic rings. The number of nitrogens with zero attached hydrogens (tertiary/aromatic N) is 4. The maximum absolute atomic E-state index is 13.0. The molecule has 0 bridgehead atoms. The third-order valence-corrected chi connectivity index (χ3v) is 4.98. The molecule has 3 heterocycles. The molecule has 1 aromatic carbocycles. The van der Waals surface area contributed by atoms with Crippen LogP contribution >= 0.6 is 0 Å². The van der Waals surface area contributed by atoms with Crippen LogP contribution in [0.4, 0.5) is 23.4 Å². The number of halogens is 4. The van der Waals surface area contributed by atoms with E-state index in [1.807, 2.05) is 4.90 Å². The zero-order valence-corrected chi connectivity index (χ0v) is 16.2. The van der Waals surface area contributed by atoms with E-state index in [1.165, 1.54) is 12.1 Å². The van der Waals surface area contributed by atoms with Gasteiger partial charge in [-0.15, -0.1) is 0 Å². The van der Waals surface area contributed by atoms with Crippen LogP contribution in [0.5, 0.6) is 0 Å². The zero-order chi connectivity index (χ0) is 22.2. The Balaban J connectivity index is 1.68. The molecule has 4 rings (SSSR count). The van der Waals surface area contributed by atoms with Crippen molar-refractivity contribution in [3.05, 3.63) is 60.6 Å². The molecule has 1 saturated heterocycles. The van der Waals surface area contributed by atoms with Gasteiger partial charge in [0.25, 0.3) is 5.91 Å². The lowest BCUT2D eigenvalue weighted by Crippen LogP contribution is -2.37. The lowest BCUT2D eigenvalue weighted by molar-refractivity contribution is -0.137. The number of carbonyl (C=O) groups is 1. The van der Waals surface area contributed by atoms with Gasteiger partial charge in [0, 0.05) is 30.9 Å². The summed E-state index contributed by atoms with van der Waals surface area (Å²) in [4.78, 5) is 26.8. The second-order valence-electron chi connectivity index (χ2n) is 7.13. The Hall–Kier alpha value is -3.56. The van der Waals surface area contributed by atoms with Crippen LogP contribution in [0.2, 0.25) is 0 Å². The Bertz CT molecular complexity index is 1150. The van der Waals surface area contributed by atoms with Gasteiger partial charge in [-0.25, -0.2) is 14.4 Å². The lowest BCUT2D eigenvalue weighted by Gasteiger charge is -2.20. The summed E-state index contributed by atoms with van der Waals surface area (Å²) in [5.74, 6) is -1.16. The summed E-state index contributed by atoms with van der Waals surface area (Å²) in [7, 11) is 0. The van der Waals surface area contributed by atoms with Gasteiger partial charge in [0.05, 0.1) is 11.1 Å². The maximum Gasteiger partial charge on any atom is 0.416 e. The highest BCUT2D eigenvalue weighted by Crippen LogP contribution is 2.32. The normalized spacial score (nSPS) is 16.5. The second kappa shape index (κ2) is 7.93. The van der Waals surface area contributed by atoms with E-state index in [4.69, 9.17) is 0 Å². The van der Waals surface area contributed by atoms with Crippen molar-refractivity contribution in [3.8, 4) is 11.4 Å². The summed E-state index contributed by atoms with van der Waals surface area (Å²) >= 11 is 0. The van der Waals surface area contributed by atoms with Gasteiger partial charge in [0.2, 0.25) is 0 Å². The highest BCUT2D eigenvalue weighted by atomic mass is 19.4. The van der Waals surface area contributed by atoms with Gasteiger partial charge in [-0.1, -0.05) is 18.7 Å². The van der Waals surface area contributed by atoms with E-state index >= 15 is 0 Å². The van der Waals surface area contributed by atoms with Crippen LogP contribution in [-0.2, 0) is 11.0 Å². The third-order valence-electron chi connectivity index (χ3n) is 4.98. The van der Waals surface area contributed by atoms with Gasteiger partial charge >= 0.3 is 6.18 Å². The first-order valence-corrected chi connectivity index (χ1v) is 9.43. The highest BCUT2D eigenvalue weighted by molar-refractivity contribution is 5.91. The van der Waals surface area contributed by atoms with E-state index in [-0.39, 0.29) is 11.9 Å². The first kappa shape index (κ1) is 20.7. The van der Waals surface area contributed by atoms with Gasteiger partial charge in [0.15, 0.2) is 17.5 Å². The number of nitrogens with one attached hydrogen (secondary N) is 1. The summed E-state index contributed by atoms with van der Waals surface area (Å²) in [6.07, 6.45) is -2.28. The number of anilines is 1. The quantitative estimate of drug-likeness (QED) is 0.501. The minimum absolute atomic E-state index is 0.258. The molecule has 6 nitrogen and oxygen atoms in total.